The molecule has 2 heterocycles. The molecule has 5 aromatic rings. The van der Waals surface area contributed by atoms with Gasteiger partial charge in [0.1, 0.15) is 6.04 Å². The van der Waals surface area contributed by atoms with Crippen molar-refractivity contribution in [1.82, 2.24) is 30.6 Å². The fraction of sp³-hybridized carbons (Fsp3) is 0.243. The van der Waals surface area contributed by atoms with E-state index in [9.17, 15) is 32.3 Å². The van der Waals surface area contributed by atoms with Crippen LogP contribution in [0.2, 0.25) is 5.02 Å². The van der Waals surface area contributed by atoms with Crippen molar-refractivity contribution < 1.29 is 41.8 Å². The lowest BCUT2D eigenvalue weighted by Gasteiger charge is -2.19. The second-order valence-corrected chi connectivity index (χ2v) is 14.1. The maximum atomic E-state index is 13.1. The lowest BCUT2D eigenvalue weighted by molar-refractivity contribution is -0.154. The van der Waals surface area contributed by atoms with Crippen molar-refractivity contribution in [2.75, 3.05) is 36.2 Å². The van der Waals surface area contributed by atoms with E-state index in [-0.39, 0.29) is 17.5 Å². The Morgan fingerprint density at radius 1 is 0.912 bits per heavy atom. The zero-order valence-corrected chi connectivity index (χ0v) is 31.6. The average Bonchev–Trinajstić information content (AvgIpc) is 3.83. The molecule has 3 aromatic carbocycles. The van der Waals surface area contributed by atoms with Gasteiger partial charge in [-0.3, -0.25) is 14.4 Å². The van der Waals surface area contributed by atoms with Gasteiger partial charge in [-0.25, -0.2) is 9.78 Å². The largest absolute Gasteiger partial charge is 0.467 e. The van der Waals surface area contributed by atoms with Crippen LogP contribution in [0.5, 0.6) is 6.01 Å². The van der Waals surface area contributed by atoms with Crippen molar-refractivity contribution in [3.63, 3.8) is 0 Å². The third-order valence-corrected chi connectivity index (χ3v) is 9.41. The number of halogens is 4. The van der Waals surface area contributed by atoms with Crippen LogP contribution in [0.3, 0.4) is 0 Å². The van der Waals surface area contributed by atoms with Gasteiger partial charge in [0.25, 0.3) is 5.91 Å². The molecular formula is C37H33ClF3N9O6S. The van der Waals surface area contributed by atoms with Crippen LogP contribution < -0.4 is 31.3 Å². The summed E-state index contributed by atoms with van der Waals surface area (Å²) in [6.45, 7) is -0.239. The fourth-order valence-electron chi connectivity index (χ4n) is 5.40. The number of hydrogen-bond acceptors (Lipinski definition) is 13. The highest BCUT2D eigenvalue weighted by Crippen LogP contribution is 2.48. The Morgan fingerprint density at radius 2 is 1.63 bits per heavy atom. The molecule has 2 aromatic heterocycles. The van der Waals surface area contributed by atoms with Gasteiger partial charge < -0.3 is 36.1 Å². The second-order valence-electron chi connectivity index (χ2n) is 12.6. The van der Waals surface area contributed by atoms with Gasteiger partial charge in [0.05, 0.1) is 23.4 Å². The number of benzene rings is 3. The van der Waals surface area contributed by atoms with Gasteiger partial charge in [0.15, 0.2) is 6.61 Å². The highest BCUT2D eigenvalue weighted by Gasteiger charge is 2.45. The van der Waals surface area contributed by atoms with Crippen molar-refractivity contribution in [1.29, 1.82) is 0 Å². The summed E-state index contributed by atoms with van der Waals surface area (Å²) in [4.78, 5) is 67.7. The quantitative estimate of drug-likeness (QED) is 0.0671. The van der Waals surface area contributed by atoms with E-state index in [0.29, 0.717) is 29.2 Å². The van der Waals surface area contributed by atoms with Gasteiger partial charge >= 0.3 is 30.0 Å². The minimum Gasteiger partial charge on any atom is -0.467 e. The number of ether oxygens (including phenoxy) is 2. The fourth-order valence-corrected chi connectivity index (χ4v) is 6.15. The van der Waals surface area contributed by atoms with Crippen LogP contribution in [0, 0.1) is 6.92 Å². The van der Waals surface area contributed by atoms with E-state index in [4.69, 9.17) is 21.1 Å². The van der Waals surface area contributed by atoms with Crippen molar-refractivity contribution in [3.8, 4) is 17.3 Å². The molecule has 1 aliphatic carbocycles. The summed E-state index contributed by atoms with van der Waals surface area (Å²) in [5.74, 6) is -3.88. The van der Waals surface area contributed by atoms with Crippen LogP contribution in [-0.2, 0) is 24.7 Å². The Morgan fingerprint density at radius 3 is 2.28 bits per heavy atom. The molecule has 1 atom stereocenters. The Bertz CT molecular complexity index is 2270. The second kappa shape index (κ2) is 17.2. The Labute approximate surface area is 331 Å². The van der Waals surface area contributed by atoms with Crippen LogP contribution in [0.15, 0.2) is 78.2 Å². The molecule has 0 saturated heterocycles. The number of thiazole rings is 1. The molecule has 0 spiro atoms. The number of methoxy groups -OCH3 is 1. The van der Waals surface area contributed by atoms with E-state index in [1.807, 2.05) is 30.5 Å². The molecule has 1 aliphatic rings. The van der Waals surface area contributed by atoms with Crippen LogP contribution in [0.4, 0.5) is 36.4 Å². The highest BCUT2D eigenvalue weighted by atomic mass is 35.5. The number of aryl methyl sites for hydroxylation is 1. The predicted octanol–water partition coefficient (Wildman–Crippen LogP) is 5.77. The van der Waals surface area contributed by atoms with Gasteiger partial charge in [-0.15, -0.1) is 11.3 Å². The summed E-state index contributed by atoms with van der Waals surface area (Å²) >= 11 is 7.50. The molecule has 1 fully saturated rings. The number of amides is 3. The number of anilines is 4. The number of carbonyl (C=O) groups excluding carboxylic acids is 4. The number of esters is 1. The van der Waals surface area contributed by atoms with Gasteiger partial charge in [-0.2, -0.15) is 28.1 Å². The van der Waals surface area contributed by atoms with Gasteiger partial charge in [0, 0.05) is 39.4 Å². The van der Waals surface area contributed by atoms with Crippen molar-refractivity contribution in [2.45, 2.75) is 37.5 Å². The highest BCUT2D eigenvalue weighted by molar-refractivity contribution is 7.09. The first-order valence-corrected chi connectivity index (χ1v) is 18.3. The average molecular weight is 824 g/mol. The number of carbonyl (C=O) groups is 4. The Kier molecular flexibility index (Phi) is 12.2. The summed E-state index contributed by atoms with van der Waals surface area (Å²) in [6.07, 6.45) is -3.24. The van der Waals surface area contributed by atoms with E-state index in [2.05, 4.69) is 46.5 Å². The zero-order valence-electron chi connectivity index (χ0n) is 30.1. The van der Waals surface area contributed by atoms with Crippen LogP contribution in [0.25, 0.3) is 11.3 Å². The maximum Gasteiger partial charge on any atom is 0.422 e. The zero-order chi connectivity index (χ0) is 40.7. The molecule has 296 valence electrons. The summed E-state index contributed by atoms with van der Waals surface area (Å²) in [7, 11) is 1.09. The summed E-state index contributed by atoms with van der Waals surface area (Å²) < 4.78 is 48.5. The predicted molar refractivity (Wildman–Crippen MR) is 204 cm³/mol. The smallest absolute Gasteiger partial charge is 0.422 e. The first-order chi connectivity index (χ1) is 27.2. The standard InChI is InChI=1S/C37H33ClF3N9O6S/c1-20-43-28(18-57-20)22-4-3-5-26(16-22)44-31(53)30(52)42-17-27(32(54)55-2)46-29(51)21-6-12-25(13-7-21)45-33-47-34(49-35(48-33)56-19-37(39,40)41)50-36(14-15-36)23-8-10-24(38)11-9-23/h3-13,16,18,27H,14-15,17,19H2,1-2H3,(H,42,52)(H,44,53)(H,46,51)(H2,45,47,48,49,50)/t27-/m0/s1. The first-order valence-electron chi connectivity index (χ1n) is 17.1. The van der Waals surface area contributed by atoms with E-state index >= 15 is 0 Å². The van der Waals surface area contributed by atoms with Crippen molar-refractivity contribution in [2.24, 2.45) is 0 Å². The molecule has 6 rings (SSSR count). The summed E-state index contributed by atoms with van der Waals surface area (Å²) in [6, 6.07) is 17.6. The number of rotatable bonds is 14. The number of nitrogens with one attached hydrogen (secondary N) is 5. The molecule has 0 radical (unpaired) electrons. The first kappa shape index (κ1) is 40.3. The minimum absolute atomic E-state index is 0.0394. The van der Waals surface area contributed by atoms with Gasteiger partial charge in [0.2, 0.25) is 11.9 Å². The molecule has 5 N–H and O–H groups in total. The SMILES string of the molecule is COC(=O)[C@H](CNC(=O)C(=O)Nc1cccc(-c2csc(C)n2)c1)NC(=O)c1ccc(Nc2nc(NC3(c4ccc(Cl)cc4)CC3)nc(OCC(F)(F)F)n2)cc1. The normalized spacial score (nSPS) is 13.4. The number of alkyl halides is 3. The van der Waals surface area contributed by atoms with E-state index in [1.54, 1.807) is 30.3 Å². The number of hydrogen-bond donors (Lipinski definition) is 5. The Hall–Kier alpha value is -6.34. The molecule has 3 amide bonds. The van der Waals surface area contributed by atoms with Gasteiger partial charge in [-0.1, -0.05) is 35.9 Å². The van der Waals surface area contributed by atoms with Gasteiger partial charge in [-0.05, 0) is 73.9 Å². The molecule has 0 unspecified atom stereocenters. The molecule has 57 heavy (non-hydrogen) atoms. The molecule has 20 heteroatoms. The minimum atomic E-state index is -4.65. The molecule has 15 nitrogen and oxygen atoms in total. The van der Waals surface area contributed by atoms with Crippen molar-refractivity contribution >= 4 is 69.9 Å². The summed E-state index contributed by atoms with van der Waals surface area (Å²) in [5, 5.41) is 16.6. The number of aromatic nitrogens is 4. The lowest BCUT2D eigenvalue weighted by Crippen LogP contribution is -2.50. The maximum absolute atomic E-state index is 13.1. The monoisotopic (exact) mass is 823 g/mol. The third-order valence-electron chi connectivity index (χ3n) is 8.38. The molecule has 0 bridgehead atoms. The number of nitrogens with zero attached hydrogens (tertiary/aromatic N) is 4. The third kappa shape index (κ3) is 10.9. The van der Waals surface area contributed by atoms with Crippen LogP contribution in [-0.4, -0.2) is 76.1 Å². The lowest BCUT2D eigenvalue weighted by atomic mass is 10.1. The molecular weight excluding hydrogens is 791 g/mol. The van der Waals surface area contributed by atoms with Crippen LogP contribution in [0.1, 0.15) is 33.8 Å². The Balaban J connectivity index is 1.08. The molecule has 1 saturated carbocycles. The molecule has 0 aliphatic heterocycles. The van der Waals surface area contributed by atoms with E-state index in [1.165, 1.54) is 35.6 Å². The van der Waals surface area contributed by atoms with Crippen molar-refractivity contribution in [3.05, 3.63) is 99.3 Å². The van der Waals surface area contributed by atoms with E-state index < -0.39 is 60.6 Å². The van der Waals surface area contributed by atoms with Crippen LogP contribution >= 0.6 is 22.9 Å². The summed E-state index contributed by atoms with van der Waals surface area (Å²) in [5.41, 5.74) is 2.54. The van der Waals surface area contributed by atoms with E-state index in [0.717, 1.165) is 28.9 Å². The topological polar surface area (TPSA) is 198 Å².